The number of amides is 5. The minimum atomic E-state index is -4.51. The van der Waals surface area contributed by atoms with Gasteiger partial charge in [0.1, 0.15) is 30.5 Å². The molecule has 6 aromatic rings. The number of anilines is 2. The van der Waals surface area contributed by atoms with Gasteiger partial charge in [0.25, 0.3) is 31.9 Å². The highest BCUT2D eigenvalue weighted by molar-refractivity contribution is 7.90. The number of carbonyl (C=O) groups is 5. The Kier molecular flexibility index (Phi) is 26.5. The summed E-state index contributed by atoms with van der Waals surface area (Å²) in [5.41, 5.74) is -0.153. The Labute approximate surface area is 629 Å². The Bertz CT molecular complexity index is 4310. The molecular formula is C79H106F2N12O12S2. The molecule has 580 valence electrons. The summed E-state index contributed by atoms with van der Waals surface area (Å²) < 4.78 is 104. The van der Waals surface area contributed by atoms with Crippen molar-refractivity contribution in [3.8, 4) is 0 Å². The van der Waals surface area contributed by atoms with E-state index >= 15 is 0 Å². The molecule has 4 aliphatic rings. The van der Waals surface area contributed by atoms with Gasteiger partial charge in [0.15, 0.2) is 10.1 Å². The first-order chi connectivity index (χ1) is 50.2. The molecule has 4 fully saturated rings. The van der Waals surface area contributed by atoms with E-state index in [9.17, 15) is 49.6 Å². The summed E-state index contributed by atoms with van der Waals surface area (Å²) >= 11 is 0. The third-order valence-corrected chi connectivity index (χ3v) is 22.5. The van der Waals surface area contributed by atoms with Crippen molar-refractivity contribution in [2.24, 2.45) is 23.7 Å². The topological polar surface area (TPSA) is 303 Å². The number of aromatic nitrogens is 4. The fourth-order valence-electron chi connectivity index (χ4n) is 14.2. The van der Waals surface area contributed by atoms with Gasteiger partial charge in [-0.25, -0.2) is 43.8 Å². The number of halogens is 2. The van der Waals surface area contributed by atoms with Gasteiger partial charge in [-0.1, -0.05) is 114 Å². The summed E-state index contributed by atoms with van der Waals surface area (Å²) in [5.74, 6) is -2.80. The van der Waals surface area contributed by atoms with Crippen LogP contribution in [0.2, 0.25) is 0 Å². The summed E-state index contributed by atoms with van der Waals surface area (Å²) in [6.45, 7) is 29.1. The molecule has 2 unspecified atom stereocenters. The number of hydrogen-bond acceptors (Lipinski definition) is 19. The van der Waals surface area contributed by atoms with E-state index in [1.54, 1.807) is 32.9 Å². The molecule has 107 heavy (non-hydrogen) atoms. The lowest BCUT2D eigenvalue weighted by molar-refractivity contribution is 0.0130. The zero-order chi connectivity index (χ0) is 77.9. The van der Waals surface area contributed by atoms with Crippen LogP contribution in [0.3, 0.4) is 0 Å². The lowest BCUT2D eigenvalue weighted by Crippen LogP contribution is -2.45. The number of piperidine rings is 2. The number of ether oxygens (including phenoxy) is 3. The Morgan fingerprint density at radius 2 is 0.944 bits per heavy atom. The summed E-state index contributed by atoms with van der Waals surface area (Å²) in [4.78, 5) is 86.5. The van der Waals surface area contributed by atoms with Crippen LogP contribution in [-0.4, -0.2) is 150 Å². The third-order valence-electron chi connectivity index (χ3n) is 20.0. The maximum Gasteiger partial charge on any atom is 0.410 e. The van der Waals surface area contributed by atoms with E-state index in [0.29, 0.717) is 75.1 Å². The molecular weight excluding hydrogens is 1410 g/mol. The number of hydrogen-bond donors (Lipinski definition) is 5. The second-order valence-electron chi connectivity index (χ2n) is 32.9. The fraction of sp³-hybridized carbons (Fsp3) is 0.532. The normalized spacial score (nSPS) is 18.4. The SMILES string of the molecule is CC(C)(C)OC(=O)N1C[C@@H](CCC(Nc2cccc(S(=O)(=O)NC(=O)c3ccc(C(C)(C)C)nc3F)n2)C2CCN(C(=O)OCc3ccccc3)CC2)CC1(C)C.CC1(C)C[C@H](CCC(Nc2cccc(S(=O)(=O)NC(=O)c3ccc(C(C)(C)C)nc3F)n2)C2CCN(C(=O)OCc3ccccc3)CC2)CN1. The average Bonchev–Trinajstić information content (AvgIpc) is 1.79. The first-order valence-electron chi connectivity index (χ1n) is 36.8. The Morgan fingerprint density at radius 3 is 1.32 bits per heavy atom. The quantitative estimate of drug-likeness (QED) is 0.0311. The molecule has 0 bridgehead atoms. The molecule has 0 radical (unpaired) electrons. The van der Waals surface area contributed by atoms with Gasteiger partial charge in [0, 0.05) is 78.1 Å². The van der Waals surface area contributed by atoms with Crippen LogP contribution in [0, 0.1) is 35.6 Å². The van der Waals surface area contributed by atoms with Crippen molar-refractivity contribution in [3.63, 3.8) is 0 Å². The highest BCUT2D eigenvalue weighted by Gasteiger charge is 2.44. The van der Waals surface area contributed by atoms with Crippen LogP contribution in [0.4, 0.5) is 34.8 Å². The van der Waals surface area contributed by atoms with Crippen molar-refractivity contribution < 1.29 is 63.8 Å². The van der Waals surface area contributed by atoms with Crippen LogP contribution in [0.25, 0.3) is 0 Å². The molecule has 4 aromatic heterocycles. The monoisotopic (exact) mass is 1520 g/mol. The van der Waals surface area contributed by atoms with E-state index < -0.39 is 81.9 Å². The van der Waals surface area contributed by atoms with Gasteiger partial charge in [-0.2, -0.15) is 25.6 Å². The van der Waals surface area contributed by atoms with Crippen LogP contribution in [0.5, 0.6) is 0 Å². The molecule has 10 rings (SSSR count). The van der Waals surface area contributed by atoms with Crippen molar-refractivity contribution in [1.82, 2.24) is 49.4 Å². The molecule has 2 aromatic carbocycles. The Hall–Kier alpha value is -8.89. The van der Waals surface area contributed by atoms with Gasteiger partial charge in [0.2, 0.25) is 11.9 Å². The number of pyridine rings is 4. The molecule has 4 saturated heterocycles. The molecule has 0 spiro atoms. The Morgan fingerprint density at radius 1 is 0.533 bits per heavy atom. The number of likely N-dealkylation sites (tertiary alicyclic amines) is 3. The molecule has 5 N–H and O–H groups in total. The average molecular weight is 1520 g/mol. The molecule has 0 aliphatic carbocycles. The number of rotatable bonds is 22. The second-order valence-corrected chi connectivity index (χ2v) is 36.1. The van der Waals surface area contributed by atoms with E-state index in [1.165, 1.54) is 42.5 Å². The van der Waals surface area contributed by atoms with E-state index in [-0.39, 0.29) is 77.7 Å². The van der Waals surface area contributed by atoms with E-state index in [0.717, 1.165) is 62.6 Å². The predicted octanol–water partition coefficient (Wildman–Crippen LogP) is 13.7. The van der Waals surface area contributed by atoms with Crippen molar-refractivity contribution in [3.05, 3.63) is 167 Å². The maximum absolute atomic E-state index is 14.9. The molecule has 4 aliphatic heterocycles. The number of benzene rings is 2. The van der Waals surface area contributed by atoms with Crippen LogP contribution in [-0.2, 0) is 58.3 Å². The van der Waals surface area contributed by atoms with Crippen molar-refractivity contribution in [1.29, 1.82) is 0 Å². The summed E-state index contributed by atoms with van der Waals surface area (Å²) in [6, 6.07) is 33.3. The summed E-state index contributed by atoms with van der Waals surface area (Å²) in [6.07, 6.45) is 6.86. The summed E-state index contributed by atoms with van der Waals surface area (Å²) in [7, 11) is -8.95. The number of sulfonamides is 2. The molecule has 0 saturated carbocycles. The van der Waals surface area contributed by atoms with Gasteiger partial charge in [0.05, 0.1) is 11.1 Å². The molecule has 4 atom stereocenters. The van der Waals surface area contributed by atoms with Crippen LogP contribution < -0.4 is 25.4 Å². The van der Waals surface area contributed by atoms with E-state index in [1.807, 2.05) is 146 Å². The van der Waals surface area contributed by atoms with E-state index in [2.05, 4.69) is 49.7 Å². The first-order valence-corrected chi connectivity index (χ1v) is 39.8. The lowest BCUT2D eigenvalue weighted by Gasteiger charge is -2.36. The van der Waals surface area contributed by atoms with Crippen LogP contribution in [0.15, 0.2) is 131 Å². The van der Waals surface area contributed by atoms with E-state index in [4.69, 9.17) is 14.2 Å². The van der Waals surface area contributed by atoms with Gasteiger partial charge < -0.3 is 44.9 Å². The zero-order valence-corrected chi connectivity index (χ0v) is 65.5. The molecule has 24 nitrogen and oxygen atoms in total. The number of nitrogens with zero attached hydrogens (tertiary/aromatic N) is 7. The van der Waals surface area contributed by atoms with Gasteiger partial charge in [-0.3, -0.25) is 9.59 Å². The van der Waals surface area contributed by atoms with Gasteiger partial charge >= 0.3 is 18.3 Å². The molecule has 28 heteroatoms. The second kappa shape index (κ2) is 34.6. The smallest absolute Gasteiger partial charge is 0.410 e. The summed E-state index contributed by atoms with van der Waals surface area (Å²) in [5, 5.41) is 9.78. The Balaban J connectivity index is 0.000000249. The van der Waals surface area contributed by atoms with Crippen LogP contribution in [0.1, 0.15) is 197 Å². The fourth-order valence-corrected chi connectivity index (χ4v) is 16.0. The lowest BCUT2D eigenvalue weighted by atomic mass is 9.84. The largest absolute Gasteiger partial charge is 0.445 e. The number of nitrogens with one attached hydrogen (secondary N) is 5. The minimum absolute atomic E-state index is 0.0391. The third kappa shape index (κ3) is 23.3. The first kappa shape index (κ1) is 82.2. The minimum Gasteiger partial charge on any atom is -0.445 e. The van der Waals surface area contributed by atoms with Crippen LogP contribution >= 0.6 is 0 Å². The highest BCUT2D eigenvalue weighted by Crippen LogP contribution is 2.39. The van der Waals surface area contributed by atoms with Crippen molar-refractivity contribution >= 4 is 61.8 Å². The molecule has 5 amide bonds. The predicted molar refractivity (Wildman–Crippen MR) is 404 cm³/mol. The van der Waals surface area contributed by atoms with Gasteiger partial charge in [-0.05, 0) is 203 Å². The van der Waals surface area contributed by atoms with Gasteiger partial charge in [-0.15, -0.1) is 0 Å². The zero-order valence-electron chi connectivity index (χ0n) is 63.8. The number of carbonyl (C=O) groups excluding carboxylic acids is 5. The highest BCUT2D eigenvalue weighted by atomic mass is 32.2. The standard InChI is InChI=1S/C42H57FN6O7S.C37H49FN6O5S/c1-40(2,3)33-20-18-31(36(43)45-33)37(50)47-57(53,54)35-16-12-15-34(46-35)44-32(19-17-29-25-42(7,8)49(26-29)39(52)56-41(4,5)6)30-21-23-48(24-22-30)38(51)55-27-28-13-10-9-11-14-28;1-36(2,3)30-17-15-28(33(38)41-30)34(45)43-50(47,48)32-13-9-12-31(42-32)40-29(16-14-26-22-37(4,5)39-23-26)27-18-20-44(21-19-27)35(46)49-24-25-10-7-6-8-11-25/h9-16,18,20,29-30,32H,17,19,21-27H2,1-8H3,(H,44,46)(H,47,50);6-13,15,17,26-27,29,39H,14,16,18-24H2,1-5H3,(H,40,42)(H,43,45)/t29-,32?;26-,29?/m00/s1. The molecule has 8 heterocycles. The van der Waals surface area contributed by atoms with Crippen molar-refractivity contribution in [2.75, 3.05) is 49.9 Å². The van der Waals surface area contributed by atoms with Crippen molar-refractivity contribution in [2.45, 2.75) is 217 Å². The maximum atomic E-state index is 14.9.